The van der Waals surface area contributed by atoms with Crippen LogP contribution in [0.15, 0.2) is 35.2 Å². The van der Waals surface area contributed by atoms with Crippen molar-refractivity contribution in [2.24, 2.45) is 5.14 Å². The number of sulfonamides is 1. The minimum absolute atomic E-state index is 0.171. The minimum Gasteiger partial charge on any atom is -0.452 e. The van der Waals surface area contributed by atoms with Crippen molar-refractivity contribution in [1.82, 2.24) is 0 Å². The number of primary sulfonamides is 1. The molecule has 3 N–H and O–H groups in total. The second kappa shape index (κ2) is 8.64. The number of halogens is 4. The third-order valence-electron chi connectivity index (χ3n) is 3.08. The molecule has 0 saturated heterocycles. The molecule has 1 amide bonds. The van der Waals surface area contributed by atoms with E-state index in [9.17, 15) is 18.0 Å². The highest BCUT2D eigenvalue weighted by molar-refractivity contribution is 7.89. The largest absolute Gasteiger partial charge is 0.452 e. The van der Waals surface area contributed by atoms with Crippen LogP contribution < -0.4 is 10.5 Å². The summed E-state index contributed by atoms with van der Waals surface area (Å²) < 4.78 is 27.8. The molecular weight excluding hydrogens is 462 g/mol. The smallest absolute Gasteiger partial charge is 0.340 e. The van der Waals surface area contributed by atoms with Crippen LogP contribution >= 0.6 is 46.4 Å². The van der Waals surface area contributed by atoms with E-state index < -0.39 is 33.4 Å². The van der Waals surface area contributed by atoms with Crippen LogP contribution in [0.4, 0.5) is 5.69 Å². The maximum atomic E-state index is 12.1. The number of nitrogens with two attached hydrogens (primary N) is 1. The Bertz CT molecular complexity index is 1030. The molecule has 2 aromatic rings. The van der Waals surface area contributed by atoms with Gasteiger partial charge in [0.05, 0.1) is 26.3 Å². The lowest BCUT2D eigenvalue weighted by Crippen LogP contribution is -2.21. The van der Waals surface area contributed by atoms with E-state index in [1.54, 1.807) is 0 Å². The first-order valence-electron chi connectivity index (χ1n) is 6.93. The van der Waals surface area contributed by atoms with Gasteiger partial charge in [0.1, 0.15) is 4.90 Å². The van der Waals surface area contributed by atoms with Crippen LogP contribution in [0.5, 0.6) is 0 Å². The van der Waals surface area contributed by atoms with E-state index in [1.165, 1.54) is 18.2 Å². The number of carbonyl (C=O) groups excluding carboxylic acids is 2. The molecular formula is C15H10Cl4N2O5S. The molecule has 2 aromatic carbocycles. The van der Waals surface area contributed by atoms with E-state index in [-0.39, 0.29) is 26.3 Å². The summed E-state index contributed by atoms with van der Waals surface area (Å²) in [5, 5.41) is 7.58. The van der Waals surface area contributed by atoms with Gasteiger partial charge >= 0.3 is 5.97 Å². The van der Waals surface area contributed by atoms with Crippen LogP contribution in [0, 0.1) is 0 Å². The van der Waals surface area contributed by atoms with Gasteiger partial charge in [0.15, 0.2) is 6.61 Å². The first-order chi connectivity index (χ1) is 12.5. The molecule has 0 bridgehead atoms. The SMILES string of the molecule is NS(=O)(=O)c1cc(C(=O)OCC(=O)Nc2cc(Cl)ccc2Cl)c(Cl)cc1Cl. The predicted molar refractivity (Wildman–Crippen MR) is 103 cm³/mol. The van der Waals surface area contributed by atoms with Gasteiger partial charge in [-0.15, -0.1) is 0 Å². The van der Waals surface area contributed by atoms with Crippen molar-refractivity contribution in [2.75, 3.05) is 11.9 Å². The van der Waals surface area contributed by atoms with Crippen molar-refractivity contribution in [3.05, 3.63) is 56.0 Å². The van der Waals surface area contributed by atoms with E-state index in [1.807, 2.05) is 0 Å². The average Bonchev–Trinajstić information content (AvgIpc) is 2.55. The van der Waals surface area contributed by atoms with Crippen LogP contribution in [0.3, 0.4) is 0 Å². The van der Waals surface area contributed by atoms with Crippen molar-refractivity contribution < 1.29 is 22.7 Å². The number of ether oxygens (including phenoxy) is 1. The molecule has 0 radical (unpaired) electrons. The number of hydrogen-bond acceptors (Lipinski definition) is 5. The zero-order valence-electron chi connectivity index (χ0n) is 13.1. The van der Waals surface area contributed by atoms with Crippen molar-refractivity contribution in [3.63, 3.8) is 0 Å². The lowest BCUT2D eigenvalue weighted by Gasteiger charge is -2.10. The summed E-state index contributed by atoms with van der Waals surface area (Å²) in [5.41, 5.74) is -0.0927. The maximum Gasteiger partial charge on any atom is 0.340 e. The molecule has 0 aliphatic heterocycles. The first-order valence-corrected chi connectivity index (χ1v) is 9.98. The van der Waals surface area contributed by atoms with Crippen molar-refractivity contribution >= 4 is 74.0 Å². The number of anilines is 1. The molecule has 27 heavy (non-hydrogen) atoms. The number of amides is 1. The van der Waals surface area contributed by atoms with Crippen LogP contribution in [0.2, 0.25) is 20.1 Å². The summed E-state index contributed by atoms with van der Waals surface area (Å²) in [4.78, 5) is 23.5. The van der Waals surface area contributed by atoms with Gasteiger partial charge in [-0.2, -0.15) is 0 Å². The summed E-state index contributed by atoms with van der Waals surface area (Å²) in [6, 6.07) is 6.33. The van der Waals surface area contributed by atoms with E-state index in [0.29, 0.717) is 5.02 Å². The van der Waals surface area contributed by atoms with Gasteiger partial charge in [-0.3, -0.25) is 4.79 Å². The zero-order valence-corrected chi connectivity index (χ0v) is 17.0. The Labute approximate surface area is 174 Å². The van der Waals surface area contributed by atoms with Gasteiger partial charge in [-0.25, -0.2) is 18.4 Å². The average molecular weight is 472 g/mol. The van der Waals surface area contributed by atoms with E-state index in [4.69, 9.17) is 56.3 Å². The van der Waals surface area contributed by atoms with Crippen LogP contribution in [0.25, 0.3) is 0 Å². The second-order valence-electron chi connectivity index (χ2n) is 5.06. The van der Waals surface area contributed by atoms with Crippen LogP contribution in [-0.4, -0.2) is 26.9 Å². The molecule has 0 heterocycles. The fourth-order valence-electron chi connectivity index (χ4n) is 1.89. The summed E-state index contributed by atoms with van der Waals surface area (Å²) >= 11 is 23.4. The number of nitrogens with one attached hydrogen (secondary N) is 1. The highest BCUT2D eigenvalue weighted by atomic mass is 35.5. The molecule has 0 fully saturated rings. The summed E-state index contributed by atoms with van der Waals surface area (Å²) in [5.74, 6) is -1.75. The van der Waals surface area contributed by atoms with E-state index in [2.05, 4.69) is 5.32 Å². The highest BCUT2D eigenvalue weighted by Crippen LogP contribution is 2.29. The lowest BCUT2D eigenvalue weighted by molar-refractivity contribution is -0.119. The van der Waals surface area contributed by atoms with Crippen molar-refractivity contribution in [2.45, 2.75) is 4.90 Å². The number of hydrogen-bond donors (Lipinski definition) is 2. The Morgan fingerprint density at radius 1 is 1.00 bits per heavy atom. The fraction of sp³-hybridized carbons (Fsp3) is 0.0667. The Morgan fingerprint density at radius 3 is 2.30 bits per heavy atom. The molecule has 0 unspecified atom stereocenters. The van der Waals surface area contributed by atoms with Crippen molar-refractivity contribution in [1.29, 1.82) is 0 Å². The summed E-state index contributed by atoms with van der Waals surface area (Å²) in [6.07, 6.45) is 0. The standard InChI is InChI=1S/C15H10Cl4N2O5S/c16-7-1-2-9(17)12(3-7)21-14(22)6-26-15(23)8-4-13(27(20,24)25)11(19)5-10(8)18/h1-5H,6H2,(H,21,22)(H2,20,24,25). The lowest BCUT2D eigenvalue weighted by atomic mass is 10.2. The molecule has 12 heteroatoms. The summed E-state index contributed by atoms with van der Waals surface area (Å²) in [7, 11) is -4.19. The van der Waals surface area contributed by atoms with Gasteiger partial charge in [0, 0.05) is 5.02 Å². The van der Waals surface area contributed by atoms with Gasteiger partial charge in [-0.1, -0.05) is 46.4 Å². The number of benzene rings is 2. The number of rotatable bonds is 5. The fourth-order valence-corrected chi connectivity index (χ4v) is 3.62. The summed E-state index contributed by atoms with van der Waals surface area (Å²) in [6.45, 7) is -0.689. The number of carbonyl (C=O) groups is 2. The van der Waals surface area contributed by atoms with Gasteiger partial charge in [-0.05, 0) is 30.3 Å². The van der Waals surface area contributed by atoms with Gasteiger partial charge in [0.2, 0.25) is 10.0 Å². The monoisotopic (exact) mass is 470 g/mol. The normalized spacial score (nSPS) is 11.1. The van der Waals surface area contributed by atoms with Gasteiger partial charge in [0.25, 0.3) is 5.91 Å². The Balaban J connectivity index is 2.11. The Hall–Kier alpha value is -1.55. The predicted octanol–water partition coefficient (Wildman–Crippen LogP) is 3.74. The Kier molecular flexibility index (Phi) is 6.96. The van der Waals surface area contributed by atoms with E-state index in [0.717, 1.165) is 12.1 Å². The van der Waals surface area contributed by atoms with Crippen molar-refractivity contribution in [3.8, 4) is 0 Å². The second-order valence-corrected chi connectivity index (χ2v) is 8.24. The molecule has 0 atom stereocenters. The topological polar surface area (TPSA) is 116 Å². The molecule has 0 aliphatic rings. The molecule has 0 spiro atoms. The van der Waals surface area contributed by atoms with Crippen LogP contribution in [0.1, 0.15) is 10.4 Å². The van der Waals surface area contributed by atoms with Gasteiger partial charge < -0.3 is 10.1 Å². The molecule has 144 valence electrons. The zero-order chi connectivity index (χ0) is 20.4. The third kappa shape index (κ3) is 5.71. The quantitative estimate of drug-likeness (QED) is 0.644. The Morgan fingerprint density at radius 2 is 1.67 bits per heavy atom. The maximum absolute atomic E-state index is 12.1. The molecule has 0 aliphatic carbocycles. The first kappa shape index (κ1) is 21.7. The molecule has 0 aromatic heterocycles. The number of esters is 1. The molecule has 2 rings (SSSR count). The van der Waals surface area contributed by atoms with E-state index >= 15 is 0 Å². The minimum atomic E-state index is -4.19. The highest BCUT2D eigenvalue weighted by Gasteiger charge is 2.21. The third-order valence-corrected chi connectivity index (χ3v) is 5.34. The molecule has 0 saturated carbocycles. The molecule has 7 nitrogen and oxygen atoms in total. The van der Waals surface area contributed by atoms with Crippen LogP contribution in [-0.2, 0) is 19.6 Å².